The normalized spacial score (nSPS) is 14.3. The molecule has 0 bridgehead atoms. The van der Waals surface area contributed by atoms with Gasteiger partial charge in [-0.05, 0) is 55.0 Å². The molecular weight excluding hydrogens is 618 g/mol. The number of aromatic nitrogens is 1. The van der Waals surface area contributed by atoms with E-state index in [4.69, 9.17) is 0 Å². The van der Waals surface area contributed by atoms with Crippen molar-refractivity contribution in [2.75, 3.05) is 11.9 Å². The Morgan fingerprint density at radius 3 is 1.98 bits per heavy atom. The van der Waals surface area contributed by atoms with Crippen LogP contribution in [0.2, 0.25) is 0 Å². The zero-order valence-electron chi connectivity index (χ0n) is 26.6. The molecule has 3 N–H and O–H groups in total. The Bertz CT molecular complexity index is 1570. The van der Waals surface area contributed by atoms with Crippen molar-refractivity contribution in [1.82, 2.24) is 20.5 Å². The van der Waals surface area contributed by atoms with E-state index in [-0.39, 0.29) is 43.3 Å². The van der Waals surface area contributed by atoms with Crippen LogP contribution in [-0.2, 0) is 25.6 Å². The van der Waals surface area contributed by atoms with Gasteiger partial charge in [0.05, 0.1) is 16.4 Å². The van der Waals surface area contributed by atoms with Crippen molar-refractivity contribution in [3.05, 3.63) is 95.8 Å². The molecule has 3 atom stereocenters. The lowest BCUT2D eigenvalue weighted by Crippen LogP contribution is -2.54. The van der Waals surface area contributed by atoms with E-state index in [9.17, 15) is 28.8 Å². The molecule has 0 saturated heterocycles. The summed E-state index contributed by atoms with van der Waals surface area (Å²) >= 11 is 0.833. The molecule has 0 aliphatic carbocycles. The average molecular weight is 658 g/mol. The molecule has 12 heteroatoms. The van der Waals surface area contributed by atoms with Crippen LogP contribution in [0.5, 0.6) is 0 Å². The fourth-order valence-corrected chi connectivity index (χ4v) is 6.14. The molecule has 1 aromatic heterocycles. The second-order valence-electron chi connectivity index (χ2n) is 11.7. The smallest absolute Gasteiger partial charge is 0.261 e. The highest BCUT2D eigenvalue weighted by atomic mass is 32.2. The van der Waals surface area contributed by atoms with E-state index in [1.165, 1.54) is 6.92 Å². The number of benzene rings is 2. The first-order valence-corrected chi connectivity index (χ1v) is 16.4. The van der Waals surface area contributed by atoms with Crippen LogP contribution in [-0.4, -0.2) is 68.4 Å². The number of imide groups is 1. The zero-order valence-corrected chi connectivity index (χ0v) is 27.4. The molecule has 246 valence electrons. The summed E-state index contributed by atoms with van der Waals surface area (Å²) in [6.07, 6.45) is 4.05. The van der Waals surface area contributed by atoms with Crippen LogP contribution in [0.1, 0.15) is 66.3 Å². The van der Waals surface area contributed by atoms with Crippen LogP contribution in [0.4, 0.5) is 5.69 Å². The molecule has 2 aromatic carbocycles. The Balaban J connectivity index is 1.44. The van der Waals surface area contributed by atoms with Crippen molar-refractivity contribution in [3.63, 3.8) is 0 Å². The van der Waals surface area contributed by atoms with Crippen LogP contribution in [0.3, 0.4) is 0 Å². The minimum atomic E-state index is -0.985. The van der Waals surface area contributed by atoms with Gasteiger partial charge in [0.1, 0.15) is 12.1 Å². The predicted octanol–water partition coefficient (Wildman–Crippen LogP) is 4.00. The van der Waals surface area contributed by atoms with Gasteiger partial charge in [-0.3, -0.25) is 38.7 Å². The molecule has 5 amide bonds. The SMILES string of the molecule is CC(=O)S[C@@H](CCCN1C(=O)c2ccccc2C1=O)C(=O)N[C@@H](CC(C)C)C(=O)N[C@@H](Cc1ccccc1)C(=O)Nc1ccncc1. The molecule has 0 radical (unpaired) electrons. The summed E-state index contributed by atoms with van der Waals surface area (Å²) < 4.78 is 0. The molecule has 0 saturated carbocycles. The molecule has 47 heavy (non-hydrogen) atoms. The summed E-state index contributed by atoms with van der Waals surface area (Å²) in [6.45, 7) is 5.25. The van der Waals surface area contributed by atoms with Gasteiger partial charge in [-0.1, -0.05) is 68.1 Å². The Hall–Kier alpha value is -4.84. The number of carbonyl (C=O) groups excluding carboxylic acids is 6. The van der Waals surface area contributed by atoms with Crippen molar-refractivity contribution in [2.24, 2.45) is 5.92 Å². The van der Waals surface area contributed by atoms with Crippen LogP contribution >= 0.6 is 11.8 Å². The quantitative estimate of drug-likeness (QED) is 0.207. The summed E-state index contributed by atoms with van der Waals surface area (Å²) in [6, 6.07) is 17.2. The second-order valence-corrected chi connectivity index (χ2v) is 13.1. The van der Waals surface area contributed by atoms with Crippen LogP contribution in [0.25, 0.3) is 0 Å². The maximum Gasteiger partial charge on any atom is 0.261 e. The summed E-state index contributed by atoms with van der Waals surface area (Å²) in [4.78, 5) is 83.4. The molecular formula is C35H39N5O6S. The molecule has 3 aromatic rings. The van der Waals surface area contributed by atoms with Crippen molar-refractivity contribution in [3.8, 4) is 0 Å². The van der Waals surface area contributed by atoms with E-state index in [0.717, 1.165) is 22.2 Å². The average Bonchev–Trinajstić information content (AvgIpc) is 3.29. The van der Waals surface area contributed by atoms with Gasteiger partial charge in [-0.2, -0.15) is 0 Å². The number of pyridine rings is 1. The molecule has 0 unspecified atom stereocenters. The van der Waals surface area contributed by atoms with E-state index in [0.29, 0.717) is 16.8 Å². The van der Waals surface area contributed by atoms with Crippen LogP contribution in [0, 0.1) is 5.92 Å². The summed E-state index contributed by atoms with van der Waals surface area (Å²) in [7, 11) is 0. The van der Waals surface area contributed by atoms with Gasteiger partial charge in [0.2, 0.25) is 17.7 Å². The lowest BCUT2D eigenvalue weighted by molar-refractivity contribution is -0.131. The van der Waals surface area contributed by atoms with Gasteiger partial charge >= 0.3 is 0 Å². The topological polar surface area (TPSA) is 155 Å². The lowest BCUT2D eigenvalue weighted by atomic mass is 10.0. The van der Waals surface area contributed by atoms with Gasteiger partial charge in [-0.25, -0.2) is 0 Å². The van der Waals surface area contributed by atoms with Gasteiger partial charge in [0.15, 0.2) is 5.12 Å². The minimum absolute atomic E-state index is 0.0111. The number of nitrogens with zero attached hydrogens (tertiary/aromatic N) is 2. The summed E-state index contributed by atoms with van der Waals surface area (Å²) in [5.74, 6) is -2.25. The Morgan fingerprint density at radius 2 is 1.38 bits per heavy atom. The van der Waals surface area contributed by atoms with Gasteiger partial charge < -0.3 is 16.0 Å². The third-order valence-electron chi connectivity index (χ3n) is 7.53. The van der Waals surface area contributed by atoms with Crippen LogP contribution in [0.15, 0.2) is 79.1 Å². The summed E-state index contributed by atoms with van der Waals surface area (Å²) in [5.41, 5.74) is 2.04. The molecule has 4 rings (SSSR count). The predicted molar refractivity (Wildman–Crippen MR) is 179 cm³/mol. The van der Waals surface area contributed by atoms with E-state index < -0.39 is 46.9 Å². The van der Waals surface area contributed by atoms with E-state index in [2.05, 4.69) is 20.9 Å². The van der Waals surface area contributed by atoms with Gasteiger partial charge in [-0.15, -0.1) is 0 Å². The molecule has 2 heterocycles. The first kappa shape index (κ1) is 35.0. The number of fused-ring (bicyclic) bond motifs is 1. The molecule has 0 fully saturated rings. The van der Waals surface area contributed by atoms with Crippen LogP contribution < -0.4 is 16.0 Å². The van der Waals surface area contributed by atoms with Gasteiger partial charge in [0, 0.05) is 38.0 Å². The Labute approximate surface area is 278 Å². The third kappa shape index (κ3) is 9.82. The number of hydrogen-bond acceptors (Lipinski definition) is 8. The highest BCUT2D eigenvalue weighted by molar-refractivity contribution is 8.14. The van der Waals surface area contributed by atoms with Crippen molar-refractivity contribution < 1.29 is 28.8 Å². The maximum atomic E-state index is 13.7. The van der Waals surface area contributed by atoms with Crippen molar-refractivity contribution in [1.29, 1.82) is 0 Å². The number of rotatable bonds is 15. The number of thioether (sulfide) groups is 1. The Kier molecular flexibility index (Phi) is 12.4. The number of nitrogens with one attached hydrogen (secondary N) is 3. The third-order valence-corrected chi connectivity index (χ3v) is 8.60. The number of anilines is 1. The highest BCUT2D eigenvalue weighted by Crippen LogP contribution is 2.24. The van der Waals surface area contributed by atoms with E-state index in [1.54, 1.807) is 48.8 Å². The highest BCUT2D eigenvalue weighted by Gasteiger charge is 2.35. The Morgan fingerprint density at radius 1 is 0.787 bits per heavy atom. The van der Waals surface area contributed by atoms with E-state index >= 15 is 0 Å². The number of hydrogen-bond donors (Lipinski definition) is 3. The second kappa shape index (κ2) is 16.6. The summed E-state index contributed by atoms with van der Waals surface area (Å²) in [5, 5.41) is 7.31. The zero-order chi connectivity index (χ0) is 33.9. The first-order valence-electron chi connectivity index (χ1n) is 15.5. The van der Waals surface area contributed by atoms with E-state index in [1.807, 2.05) is 44.2 Å². The molecule has 11 nitrogen and oxygen atoms in total. The number of amides is 5. The standard InChI is InChI=1S/C35H39N5O6S/c1-22(2)20-28(32(43)38-29(21-24-10-5-4-6-11-24)31(42)37-25-15-17-36-18-16-25)39-33(44)30(47-23(3)41)14-9-19-40-34(45)26-12-7-8-13-27(26)35(40)46/h4-8,10-13,15-18,22,28-30H,9,14,19-21H2,1-3H3,(H,38,43)(H,39,44)(H,36,37,42)/t28-,29-,30-/m0/s1. The fraction of sp³-hybridized carbons (Fsp3) is 0.343. The maximum absolute atomic E-state index is 13.7. The molecule has 1 aliphatic rings. The van der Waals surface area contributed by atoms with Crippen molar-refractivity contribution in [2.45, 2.75) is 63.8 Å². The monoisotopic (exact) mass is 657 g/mol. The van der Waals surface area contributed by atoms with Gasteiger partial charge in [0.25, 0.3) is 11.8 Å². The lowest BCUT2D eigenvalue weighted by Gasteiger charge is -2.26. The molecule has 1 aliphatic heterocycles. The largest absolute Gasteiger partial charge is 0.343 e. The number of carbonyl (C=O) groups is 6. The fourth-order valence-electron chi connectivity index (χ4n) is 5.28. The first-order chi connectivity index (χ1) is 22.5. The molecule has 0 spiro atoms. The van der Waals surface area contributed by atoms with Crippen molar-refractivity contribution >= 4 is 52.1 Å². The minimum Gasteiger partial charge on any atom is -0.343 e.